The van der Waals surface area contributed by atoms with Crippen molar-refractivity contribution in [3.8, 4) is 0 Å². The summed E-state index contributed by atoms with van der Waals surface area (Å²) in [5.74, 6) is 0.0772. The summed E-state index contributed by atoms with van der Waals surface area (Å²) in [5, 5.41) is 10.6. The lowest BCUT2D eigenvalue weighted by Gasteiger charge is -2.20. The van der Waals surface area contributed by atoms with Gasteiger partial charge in [-0.3, -0.25) is 10.1 Å². The van der Waals surface area contributed by atoms with Gasteiger partial charge in [-0.25, -0.2) is 13.1 Å². The summed E-state index contributed by atoms with van der Waals surface area (Å²) in [6.45, 7) is 1.98. The van der Waals surface area contributed by atoms with Gasteiger partial charge in [0.05, 0.1) is 4.92 Å². The first-order valence-corrected chi connectivity index (χ1v) is 8.79. The molecule has 2 unspecified atom stereocenters. The Morgan fingerprint density at radius 2 is 2.09 bits per heavy atom. The number of nitrogens with two attached hydrogens (primary N) is 1. The molecule has 1 fully saturated rings. The van der Waals surface area contributed by atoms with E-state index in [4.69, 9.17) is 17.3 Å². The number of hydrogen-bond acceptors (Lipinski definition) is 5. The van der Waals surface area contributed by atoms with E-state index in [1.165, 1.54) is 12.1 Å². The Balaban J connectivity index is 0.00000264. The number of sulfonamides is 1. The topological polar surface area (TPSA) is 115 Å². The molecular weight excluding hydrogens is 365 g/mol. The van der Waals surface area contributed by atoms with Crippen LogP contribution in [0.1, 0.15) is 24.8 Å². The molecule has 0 radical (unpaired) electrons. The minimum absolute atomic E-state index is 0. The van der Waals surface area contributed by atoms with E-state index in [0.29, 0.717) is 18.5 Å². The van der Waals surface area contributed by atoms with Crippen LogP contribution in [0.5, 0.6) is 0 Å². The minimum atomic E-state index is -3.94. The van der Waals surface area contributed by atoms with Crippen molar-refractivity contribution in [2.24, 2.45) is 11.7 Å². The molecule has 130 valence electrons. The highest BCUT2D eigenvalue weighted by Crippen LogP contribution is 2.34. The van der Waals surface area contributed by atoms with Crippen LogP contribution in [0.2, 0.25) is 5.02 Å². The fraction of sp³-hybridized carbons (Fsp3) is 0.538. The number of nitro benzene ring substituents is 1. The number of nitro groups is 1. The van der Waals surface area contributed by atoms with Crippen LogP contribution in [0.25, 0.3) is 0 Å². The Labute approximate surface area is 146 Å². The lowest BCUT2D eigenvalue weighted by molar-refractivity contribution is -0.385. The molecule has 0 bridgehead atoms. The average molecular weight is 384 g/mol. The number of rotatable bonds is 5. The smallest absolute Gasteiger partial charge is 0.289 e. The largest absolute Gasteiger partial charge is 0.330 e. The van der Waals surface area contributed by atoms with E-state index < -0.39 is 20.6 Å². The molecule has 1 aliphatic carbocycles. The fourth-order valence-corrected chi connectivity index (χ4v) is 4.78. The predicted molar refractivity (Wildman–Crippen MR) is 90.6 cm³/mol. The molecule has 1 aromatic rings. The van der Waals surface area contributed by atoms with E-state index in [1.54, 1.807) is 6.92 Å². The highest BCUT2D eigenvalue weighted by Gasteiger charge is 2.33. The van der Waals surface area contributed by atoms with Crippen LogP contribution in [-0.4, -0.2) is 25.9 Å². The molecule has 2 rings (SSSR count). The first-order valence-electron chi connectivity index (χ1n) is 6.93. The van der Waals surface area contributed by atoms with Crippen LogP contribution in [-0.2, 0) is 10.0 Å². The molecule has 1 aromatic carbocycles. The van der Waals surface area contributed by atoms with E-state index in [0.717, 1.165) is 12.8 Å². The number of halogens is 2. The Hall–Kier alpha value is -0.930. The predicted octanol–water partition coefficient (Wildman–Crippen LogP) is 2.38. The van der Waals surface area contributed by atoms with Crippen LogP contribution in [0.15, 0.2) is 17.0 Å². The van der Waals surface area contributed by atoms with Crippen molar-refractivity contribution >= 4 is 39.7 Å². The van der Waals surface area contributed by atoms with Gasteiger partial charge in [0.1, 0.15) is 9.92 Å². The Kier molecular flexibility index (Phi) is 6.79. The van der Waals surface area contributed by atoms with Gasteiger partial charge in [0.25, 0.3) is 5.69 Å². The summed E-state index contributed by atoms with van der Waals surface area (Å²) in [5.41, 5.74) is 5.69. The summed E-state index contributed by atoms with van der Waals surface area (Å²) in [6.07, 6.45) is 2.47. The molecule has 1 saturated carbocycles. The molecule has 23 heavy (non-hydrogen) atoms. The molecule has 0 saturated heterocycles. The molecular formula is C13H19Cl2N3O4S. The van der Waals surface area contributed by atoms with Crippen molar-refractivity contribution < 1.29 is 13.3 Å². The second-order valence-electron chi connectivity index (χ2n) is 5.51. The van der Waals surface area contributed by atoms with Gasteiger partial charge in [-0.15, -0.1) is 12.4 Å². The number of aryl methyl sites for hydroxylation is 1. The number of nitrogens with one attached hydrogen (secondary N) is 1. The number of nitrogens with zero attached hydrogens (tertiary/aromatic N) is 1. The molecule has 10 heteroatoms. The highest BCUT2D eigenvalue weighted by atomic mass is 35.5. The Bertz CT molecular complexity index is 697. The molecule has 1 aliphatic rings. The van der Waals surface area contributed by atoms with Crippen molar-refractivity contribution in [1.82, 2.24) is 4.72 Å². The van der Waals surface area contributed by atoms with Crippen molar-refractivity contribution in [1.29, 1.82) is 0 Å². The SMILES string of the molecule is Cc1cc([N+](=O)[O-])c(Cl)c(S(=O)(=O)NC2CCCC2CN)c1.Cl. The molecule has 0 heterocycles. The van der Waals surface area contributed by atoms with Crippen LogP contribution in [0, 0.1) is 23.0 Å². The Morgan fingerprint density at radius 3 is 2.65 bits per heavy atom. The maximum atomic E-state index is 12.5. The third kappa shape index (κ3) is 4.33. The summed E-state index contributed by atoms with van der Waals surface area (Å²) in [6, 6.07) is 2.33. The molecule has 0 amide bonds. The summed E-state index contributed by atoms with van der Waals surface area (Å²) in [4.78, 5) is 10.0. The zero-order chi connectivity index (χ0) is 16.5. The normalized spacial score (nSPS) is 21.0. The van der Waals surface area contributed by atoms with E-state index in [-0.39, 0.29) is 34.3 Å². The highest BCUT2D eigenvalue weighted by molar-refractivity contribution is 7.89. The summed E-state index contributed by atoms with van der Waals surface area (Å²) in [7, 11) is -3.94. The van der Waals surface area contributed by atoms with Gasteiger partial charge in [0.2, 0.25) is 10.0 Å². The molecule has 7 nitrogen and oxygen atoms in total. The van der Waals surface area contributed by atoms with Crippen LogP contribution in [0.4, 0.5) is 5.69 Å². The molecule has 0 aliphatic heterocycles. The standard InChI is InChI=1S/C13H18ClN3O4S.ClH/c1-8-5-11(17(18)19)13(14)12(6-8)22(20,21)16-10-4-2-3-9(10)7-15;/h5-6,9-10,16H,2-4,7,15H2,1H3;1H. The number of benzene rings is 1. The van der Waals surface area contributed by atoms with Crippen molar-refractivity contribution in [3.63, 3.8) is 0 Å². The van der Waals surface area contributed by atoms with Crippen molar-refractivity contribution in [2.75, 3.05) is 6.54 Å². The Morgan fingerprint density at radius 1 is 1.43 bits per heavy atom. The van der Waals surface area contributed by atoms with Gasteiger partial charge in [-0.2, -0.15) is 0 Å². The lowest BCUT2D eigenvalue weighted by atomic mass is 10.1. The van der Waals surface area contributed by atoms with Crippen LogP contribution >= 0.6 is 24.0 Å². The van der Waals surface area contributed by atoms with Gasteiger partial charge in [0, 0.05) is 12.1 Å². The van der Waals surface area contributed by atoms with Gasteiger partial charge < -0.3 is 5.73 Å². The molecule has 3 N–H and O–H groups in total. The van der Waals surface area contributed by atoms with Gasteiger partial charge >= 0.3 is 0 Å². The third-order valence-electron chi connectivity index (χ3n) is 3.92. The van der Waals surface area contributed by atoms with Crippen LogP contribution < -0.4 is 10.5 Å². The van der Waals surface area contributed by atoms with E-state index in [1.807, 2.05) is 0 Å². The van der Waals surface area contributed by atoms with Gasteiger partial charge in [-0.1, -0.05) is 18.0 Å². The van der Waals surface area contributed by atoms with E-state index >= 15 is 0 Å². The van der Waals surface area contributed by atoms with Crippen LogP contribution in [0.3, 0.4) is 0 Å². The van der Waals surface area contributed by atoms with Gasteiger partial charge in [0.15, 0.2) is 0 Å². The van der Waals surface area contributed by atoms with Crippen molar-refractivity contribution in [2.45, 2.75) is 37.1 Å². The maximum Gasteiger partial charge on any atom is 0.289 e. The first kappa shape index (κ1) is 20.1. The van der Waals surface area contributed by atoms with Gasteiger partial charge in [-0.05, 0) is 43.9 Å². The maximum absolute atomic E-state index is 12.5. The van der Waals surface area contributed by atoms with E-state index in [2.05, 4.69) is 4.72 Å². The summed E-state index contributed by atoms with van der Waals surface area (Å²) >= 11 is 5.93. The summed E-state index contributed by atoms with van der Waals surface area (Å²) < 4.78 is 27.7. The third-order valence-corrected chi connectivity index (χ3v) is 5.94. The fourth-order valence-electron chi connectivity index (χ4n) is 2.78. The number of hydrogen-bond donors (Lipinski definition) is 2. The quantitative estimate of drug-likeness (QED) is 0.597. The second kappa shape index (κ2) is 7.76. The zero-order valence-electron chi connectivity index (χ0n) is 12.5. The van der Waals surface area contributed by atoms with Crippen molar-refractivity contribution in [3.05, 3.63) is 32.8 Å². The monoisotopic (exact) mass is 383 g/mol. The first-order chi connectivity index (χ1) is 10.3. The second-order valence-corrected chi connectivity index (χ2v) is 7.57. The zero-order valence-corrected chi connectivity index (χ0v) is 14.9. The van der Waals surface area contributed by atoms with E-state index in [9.17, 15) is 18.5 Å². The minimum Gasteiger partial charge on any atom is -0.330 e. The lowest BCUT2D eigenvalue weighted by Crippen LogP contribution is -2.39. The molecule has 0 spiro atoms. The average Bonchev–Trinajstić information content (AvgIpc) is 2.87. The molecule has 2 atom stereocenters. The molecule has 0 aromatic heterocycles.